The van der Waals surface area contributed by atoms with Gasteiger partial charge in [0.25, 0.3) is 0 Å². The van der Waals surface area contributed by atoms with E-state index in [0.717, 1.165) is 0 Å². The second-order valence-corrected chi connectivity index (χ2v) is 7.14. The highest BCUT2D eigenvalue weighted by atomic mass is 16.5. The fourth-order valence-corrected chi connectivity index (χ4v) is 3.02. The lowest BCUT2D eigenvalue weighted by Gasteiger charge is -2.38. The standard InChI is InChI=1S/C20H25N5O3/c1-20(2,17(26)23-15-5-7-16(28-3)8-6-15)18(27)24-11-13-25(14-12-24)19-21-9-4-10-22-19/h4-10H,11-14H2,1-3H3,(H,23,26). The molecule has 1 N–H and O–H groups in total. The molecule has 2 aromatic rings. The molecule has 28 heavy (non-hydrogen) atoms. The molecule has 3 rings (SSSR count). The monoisotopic (exact) mass is 383 g/mol. The number of piperazine rings is 1. The second kappa shape index (κ2) is 8.24. The van der Waals surface area contributed by atoms with E-state index in [2.05, 4.69) is 15.3 Å². The van der Waals surface area contributed by atoms with Gasteiger partial charge in [-0.15, -0.1) is 0 Å². The minimum absolute atomic E-state index is 0.188. The van der Waals surface area contributed by atoms with Crippen molar-refractivity contribution in [2.45, 2.75) is 13.8 Å². The summed E-state index contributed by atoms with van der Waals surface area (Å²) in [5.41, 5.74) is -0.552. The summed E-state index contributed by atoms with van der Waals surface area (Å²) in [5, 5.41) is 2.82. The van der Waals surface area contributed by atoms with Crippen LogP contribution in [0.4, 0.5) is 11.6 Å². The third-order valence-corrected chi connectivity index (χ3v) is 4.85. The molecule has 0 unspecified atom stereocenters. The lowest BCUT2D eigenvalue weighted by atomic mass is 9.89. The zero-order valence-corrected chi connectivity index (χ0v) is 16.4. The lowest BCUT2D eigenvalue weighted by Crippen LogP contribution is -2.54. The number of nitrogens with zero attached hydrogens (tertiary/aromatic N) is 4. The summed E-state index contributed by atoms with van der Waals surface area (Å²) >= 11 is 0. The van der Waals surface area contributed by atoms with Gasteiger partial charge >= 0.3 is 0 Å². The first-order chi connectivity index (χ1) is 13.4. The van der Waals surface area contributed by atoms with Gasteiger partial charge in [-0.1, -0.05) is 0 Å². The van der Waals surface area contributed by atoms with Crippen molar-refractivity contribution in [2.75, 3.05) is 43.5 Å². The summed E-state index contributed by atoms with van der Waals surface area (Å²) in [6, 6.07) is 8.78. The third kappa shape index (κ3) is 4.21. The Morgan fingerprint density at radius 1 is 1.04 bits per heavy atom. The fraction of sp³-hybridized carbons (Fsp3) is 0.400. The van der Waals surface area contributed by atoms with E-state index in [1.165, 1.54) is 0 Å². The SMILES string of the molecule is COc1ccc(NC(=O)C(C)(C)C(=O)N2CCN(c3ncccn3)CC2)cc1. The van der Waals surface area contributed by atoms with Crippen molar-refractivity contribution in [3.8, 4) is 5.75 Å². The van der Waals surface area contributed by atoms with Crippen LogP contribution in [0.3, 0.4) is 0 Å². The van der Waals surface area contributed by atoms with Gasteiger partial charge in [-0.2, -0.15) is 0 Å². The van der Waals surface area contributed by atoms with Crippen LogP contribution in [0.2, 0.25) is 0 Å². The van der Waals surface area contributed by atoms with Crippen LogP contribution in [0.1, 0.15) is 13.8 Å². The maximum atomic E-state index is 13.0. The predicted octanol–water partition coefficient (Wildman–Crippen LogP) is 1.80. The molecule has 2 heterocycles. The number of aromatic nitrogens is 2. The van der Waals surface area contributed by atoms with Gasteiger partial charge in [-0.05, 0) is 44.2 Å². The van der Waals surface area contributed by atoms with E-state index < -0.39 is 5.41 Å². The fourth-order valence-electron chi connectivity index (χ4n) is 3.02. The van der Waals surface area contributed by atoms with Crippen LogP contribution in [0.15, 0.2) is 42.7 Å². The predicted molar refractivity (Wildman–Crippen MR) is 106 cm³/mol. The molecule has 0 atom stereocenters. The van der Waals surface area contributed by atoms with Gasteiger partial charge in [0.05, 0.1) is 7.11 Å². The van der Waals surface area contributed by atoms with E-state index in [9.17, 15) is 9.59 Å². The molecule has 0 aliphatic carbocycles. The molecule has 1 aromatic carbocycles. The molecule has 0 bridgehead atoms. The van der Waals surface area contributed by atoms with E-state index in [4.69, 9.17) is 4.74 Å². The lowest BCUT2D eigenvalue weighted by molar-refractivity contribution is -0.146. The Labute approximate surface area is 164 Å². The zero-order chi connectivity index (χ0) is 20.1. The normalized spacial score (nSPS) is 14.5. The number of benzene rings is 1. The van der Waals surface area contributed by atoms with Crippen molar-refractivity contribution < 1.29 is 14.3 Å². The minimum atomic E-state index is -1.18. The number of hydrogen-bond acceptors (Lipinski definition) is 6. The van der Waals surface area contributed by atoms with Crippen LogP contribution in [-0.4, -0.2) is 60.0 Å². The molecule has 2 amide bonds. The Kier molecular flexibility index (Phi) is 5.77. The number of rotatable bonds is 5. The van der Waals surface area contributed by atoms with E-state index >= 15 is 0 Å². The van der Waals surface area contributed by atoms with Crippen molar-refractivity contribution in [3.63, 3.8) is 0 Å². The Morgan fingerprint density at radius 2 is 1.64 bits per heavy atom. The summed E-state index contributed by atoms with van der Waals surface area (Å²) < 4.78 is 5.11. The Hall–Kier alpha value is -3.16. The summed E-state index contributed by atoms with van der Waals surface area (Å²) in [6.07, 6.45) is 3.40. The smallest absolute Gasteiger partial charge is 0.239 e. The highest BCUT2D eigenvalue weighted by Crippen LogP contribution is 2.24. The molecule has 1 aliphatic heterocycles. The van der Waals surface area contributed by atoms with Gasteiger partial charge in [-0.25, -0.2) is 9.97 Å². The van der Waals surface area contributed by atoms with Crippen LogP contribution in [-0.2, 0) is 9.59 Å². The van der Waals surface area contributed by atoms with E-state index in [-0.39, 0.29) is 11.8 Å². The molecule has 1 saturated heterocycles. The van der Waals surface area contributed by atoms with Crippen molar-refractivity contribution >= 4 is 23.5 Å². The largest absolute Gasteiger partial charge is 0.497 e. The number of anilines is 2. The van der Waals surface area contributed by atoms with Gasteiger partial charge < -0.3 is 19.9 Å². The number of carbonyl (C=O) groups is 2. The molecule has 1 fully saturated rings. The van der Waals surface area contributed by atoms with Crippen molar-refractivity contribution in [3.05, 3.63) is 42.7 Å². The highest BCUT2D eigenvalue weighted by molar-refractivity contribution is 6.09. The molecular weight excluding hydrogens is 358 g/mol. The van der Waals surface area contributed by atoms with Crippen molar-refractivity contribution in [2.24, 2.45) is 5.41 Å². The van der Waals surface area contributed by atoms with E-state index in [1.54, 1.807) is 68.6 Å². The third-order valence-electron chi connectivity index (χ3n) is 4.85. The highest BCUT2D eigenvalue weighted by Gasteiger charge is 2.40. The topological polar surface area (TPSA) is 87.7 Å². The van der Waals surface area contributed by atoms with E-state index in [0.29, 0.717) is 43.6 Å². The van der Waals surface area contributed by atoms with Gasteiger partial charge in [0, 0.05) is 44.3 Å². The van der Waals surface area contributed by atoms with Crippen molar-refractivity contribution in [1.29, 1.82) is 0 Å². The van der Waals surface area contributed by atoms with Crippen LogP contribution < -0.4 is 15.0 Å². The summed E-state index contributed by atoms with van der Waals surface area (Å²) in [5.74, 6) is 0.836. The Bertz CT molecular complexity index is 815. The molecule has 8 nitrogen and oxygen atoms in total. The van der Waals surface area contributed by atoms with E-state index in [1.807, 2.05) is 4.90 Å². The minimum Gasteiger partial charge on any atom is -0.497 e. The molecule has 0 radical (unpaired) electrons. The Balaban J connectivity index is 1.59. The van der Waals surface area contributed by atoms with Gasteiger partial charge in [-0.3, -0.25) is 9.59 Å². The average Bonchev–Trinajstić information content (AvgIpc) is 2.74. The van der Waals surface area contributed by atoms with Crippen LogP contribution >= 0.6 is 0 Å². The number of methoxy groups -OCH3 is 1. The molecule has 8 heteroatoms. The first-order valence-electron chi connectivity index (χ1n) is 9.18. The number of ether oxygens (including phenoxy) is 1. The summed E-state index contributed by atoms with van der Waals surface area (Å²) in [7, 11) is 1.58. The summed E-state index contributed by atoms with van der Waals surface area (Å²) in [4.78, 5) is 38.0. The summed E-state index contributed by atoms with van der Waals surface area (Å²) in [6.45, 7) is 5.62. The van der Waals surface area contributed by atoms with Gasteiger partial charge in [0.1, 0.15) is 11.2 Å². The first kappa shape index (κ1) is 19.6. The number of nitrogens with one attached hydrogen (secondary N) is 1. The number of carbonyl (C=O) groups excluding carboxylic acids is 2. The molecule has 148 valence electrons. The van der Waals surface area contributed by atoms with Gasteiger partial charge in [0.15, 0.2) is 0 Å². The van der Waals surface area contributed by atoms with Crippen LogP contribution in [0.5, 0.6) is 5.75 Å². The Morgan fingerprint density at radius 3 is 2.21 bits per heavy atom. The molecule has 1 aliphatic rings. The van der Waals surface area contributed by atoms with Gasteiger partial charge in [0.2, 0.25) is 17.8 Å². The molecule has 1 aromatic heterocycles. The molecular formula is C20H25N5O3. The number of amides is 2. The van der Waals surface area contributed by atoms with Crippen LogP contribution in [0.25, 0.3) is 0 Å². The molecule has 0 spiro atoms. The second-order valence-electron chi connectivity index (χ2n) is 7.14. The molecule has 0 saturated carbocycles. The zero-order valence-electron chi connectivity index (χ0n) is 16.4. The first-order valence-corrected chi connectivity index (χ1v) is 9.18. The maximum Gasteiger partial charge on any atom is 0.239 e. The average molecular weight is 383 g/mol. The maximum absolute atomic E-state index is 13.0. The van der Waals surface area contributed by atoms with Crippen molar-refractivity contribution in [1.82, 2.24) is 14.9 Å². The van der Waals surface area contributed by atoms with Crippen LogP contribution in [0, 0.1) is 5.41 Å². The quantitative estimate of drug-likeness (QED) is 0.792. The number of hydrogen-bond donors (Lipinski definition) is 1.